The first-order valence-corrected chi connectivity index (χ1v) is 5.81. The molecule has 0 aromatic heterocycles. The maximum absolute atomic E-state index is 13.3. The maximum atomic E-state index is 13.3. The van der Waals surface area contributed by atoms with E-state index in [-0.39, 0.29) is 23.9 Å². The van der Waals surface area contributed by atoms with E-state index in [2.05, 4.69) is 15.9 Å². The van der Waals surface area contributed by atoms with Crippen molar-refractivity contribution in [1.29, 1.82) is 0 Å². The van der Waals surface area contributed by atoms with E-state index in [1.54, 1.807) is 36.4 Å². The number of hydrogen-bond donors (Lipinski definition) is 1. The highest BCUT2D eigenvalue weighted by molar-refractivity contribution is 9.10. The number of aromatic hydroxyl groups is 1. The summed E-state index contributed by atoms with van der Waals surface area (Å²) < 4.78 is 19.4. The molecular formula is C13H10BrFO2. The van der Waals surface area contributed by atoms with E-state index in [1.807, 2.05) is 0 Å². The molecule has 4 heteroatoms. The summed E-state index contributed by atoms with van der Waals surface area (Å²) >= 11 is 3.31. The fourth-order valence-corrected chi connectivity index (χ4v) is 1.85. The van der Waals surface area contributed by atoms with Gasteiger partial charge < -0.3 is 9.84 Å². The van der Waals surface area contributed by atoms with E-state index in [0.717, 1.165) is 10.0 Å². The van der Waals surface area contributed by atoms with Crippen LogP contribution in [0.3, 0.4) is 0 Å². The molecule has 88 valence electrons. The molecule has 1 N–H and O–H groups in total. The fourth-order valence-electron chi connectivity index (χ4n) is 1.37. The van der Waals surface area contributed by atoms with Gasteiger partial charge in [-0.25, -0.2) is 4.39 Å². The largest absolute Gasteiger partial charge is 0.508 e. The summed E-state index contributed by atoms with van der Waals surface area (Å²) in [7, 11) is 0. The Balaban J connectivity index is 2.10. The molecule has 17 heavy (non-hydrogen) atoms. The highest BCUT2D eigenvalue weighted by Crippen LogP contribution is 2.24. The lowest BCUT2D eigenvalue weighted by Gasteiger charge is -2.08. The van der Waals surface area contributed by atoms with Crippen molar-refractivity contribution < 1.29 is 14.2 Å². The zero-order valence-electron chi connectivity index (χ0n) is 8.86. The van der Waals surface area contributed by atoms with Gasteiger partial charge in [0.25, 0.3) is 0 Å². The van der Waals surface area contributed by atoms with Gasteiger partial charge in [0.05, 0.1) is 0 Å². The molecule has 2 aromatic carbocycles. The second-order valence-corrected chi connectivity index (χ2v) is 4.35. The molecule has 2 aromatic rings. The van der Waals surface area contributed by atoms with Crippen molar-refractivity contribution in [2.24, 2.45) is 0 Å². The molecule has 0 amide bonds. The molecule has 0 aliphatic heterocycles. The van der Waals surface area contributed by atoms with E-state index in [0.29, 0.717) is 0 Å². The minimum atomic E-state index is -0.387. The van der Waals surface area contributed by atoms with Gasteiger partial charge in [-0.05, 0) is 24.3 Å². The van der Waals surface area contributed by atoms with Crippen LogP contribution in [0.1, 0.15) is 5.56 Å². The average Bonchev–Trinajstić information content (AvgIpc) is 2.30. The highest BCUT2D eigenvalue weighted by atomic mass is 79.9. The molecule has 0 atom stereocenters. The summed E-state index contributed by atoms with van der Waals surface area (Å²) in [5, 5.41) is 9.24. The SMILES string of the molecule is Oc1ccc(COc2ccccc2F)c(Br)c1. The van der Waals surface area contributed by atoms with E-state index in [9.17, 15) is 9.50 Å². The van der Waals surface area contributed by atoms with Gasteiger partial charge in [-0.2, -0.15) is 0 Å². The third kappa shape index (κ3) is 2.97. The highest BCUT2D eigenvalue weighted by Gasteiger charge is 2.05. The van der Waals surface area contributed by atoms with Crippen molar-refractivity contribution in [1.82, 2.24) is 0 Å². The molecule has 0 aliphatic rings. The average molecular weight is 297 g/mol. The fraction of sp³-hybridized carbons (Fsp3) is 0.0769. The van der Waals surface area contributed by atoms with Gasteiger partial charge in [-0.15, -0.1) is 0 Å². The zero-order valence-corrected chi connectivity index (χ0v) is 10.4. The zero-order chi connectivity index (χ0) is 12.3. The Hall–Kier alpha value is -1.55. The lowest BCUT2D eigenvalue weighted by Crippen LogP contribution is -1.97. The molecule has 0 fully saturated rings. The first-order valence-electron chi connectivity index (χ1n) is 5.01. The molecular weight excluding hydrogens is 287 g/mol. The molecule has 0 spiro atoms. The second-order valence-electron chi connectivity index (χ2n) is 3.49. The van der Waals surface area contributed by atoms with Gasteiger partial charge in [-0.3, -0.25) is 0 Å². The standard InChI is InChI=1S/C13H10BrFO2/c14-11-7-10(16)6-5-9(11)8-17-13-4-2-1-3-12(13)15/h1-7,16H,8H2. The molecule has 0 saturated carbocycles. The first kappa shape index (κ1) is 11.9. The molecule has 0 aliphatic carbocycles. The number of benzene rings is 2. The van der Waals surface area contributed by atoms with Crippen LogP contribution in [0.15, 0.2) is 46.9 Å². The normalized spacial score (nSPS) is 10.2. The Morgan fingerprint density at radius 3 is 2.65 bits per heavy atom. The minimum Gasteiger partial charge on any atom is -0.508 e. The summed E-state index contributed by atoms with van der Waals surface area (Å²) in [6.07, 6.45) is 0. The number of rotatable bonds is 3. The topological polar surface area (TPSA) is 29.5 Å². The molecule has 0 bridgehead atoms. The molecule has 2 rings (SSSR count). The number of ether oxygens (including phenoxy) is 1. The molecule has 0 saturated heterocycles. The number of hydrogen-bond acceptors (Lipinski definition) is 2. The monoisotopic (exact) mass is 296 g/mol. The number of para-hydroxylation sites is 1. The van der Waals surface area contributed by atoms with Gasteiger partial charge in [0.2, 0.25) is 0 Å². The maximum Gasteiger partial charge on any atom is 0.165 e. The number of phenols is 1. The Labute approximate surface area is 107 Å². The van der Waals surface area contributed by atoms with Crippen LogP contribution in [-0.2, 0) is 6.61 Å². The number of halogens is 2. The number of phenolic OH excluding ortho intramolecular Hbond substituents is 1. The van der Waals surface area contributed by atoms with Gasteiger partial charge in [0.15, 0.2) is 11.6 Å². The Kier molecular flexibility index (Phi) is 3.64. The third-order valence-corrected chi connectivity index (χ3v) is 2.99. The summed E-state index contributed by atoms with van der Waals surface area (Å²) in [5.41, 5.74) is 0.839. The summed E-state index contributed by atoms with van der Waals surface area (Å²) in [6, 6.07) is 11.1. The smallest absolute Gasteiger partial charge is 0.165 e. The third-order valence-electron chi connectivity index (χ3n) is 2.26. The van der Waals surface area contributed by atoms with E-state index in [4.69, 9.17) is 4.74 Å². The lowest BCUT2D eigenvalue weighted by molar-refractivity contribution is 0.289. The van der Waals surface area contributed by atoms with E-state index >= 15 is 0 Å². The van der Waals surface area contributed by atoms with Crippen molar-refractivity contribution in [2.45, 2.75) is 6.61 Å². The first-order chi connectivity index (χ1) is 8.16. The predicted molar refractivity (Wildman–Crippen MR) is 66.5 cm³/mol. The Morgan fingerprint density at radius 1 is 1.18 bits per heavy atom. The van der Waals surface area contributed by atoms with Crippen LogP contribution in [-0.4, -0.2) is 5.11 Å². The van der Waals surface area contributed by atoms with Crippen LogP contribution in [0.25, 0.3) is 0 Å². The van der Waals surface area contributed by atoms with E-state index < -0.39 is 0 Å². The molecule has 0 radical (unpaired) electrons. The van der Waals surface area contributed by atoms with Crippen molar-refractivity contribution in [3.8, 4) is 11.5 Å². The van der Waals surface area contributed by atoms with Crippen LogP contribution < -0.4 is 4.74 Å². The van der Waals surface area contributed by atoms with Crippen LogP contribution in [0.4, 0.5) is 4.39 Å². The Bertz CT molecular complexity index is 529. The summed E-state index contributed by atoms with van der Waals surface area (Å²) in [5.74, 6) is 0.00129. The van der Waals surface area contributed by atoms with E-state index in [1.165, 1.54) is 6.07 Å². The van der Waals surface area contributed by atoms with Gasteiger partial charge in [0, 0.05) is 10.0 Å². The second kappa shape index (κ2) is 5.19. The molecule has 0 heterocycles. The molecule has 0 unspecified atom stereocenters. The van der Waals surface area contributed by atoms with Crippen molar-refractivity contribution in [2.75, 3.05) is 0 Å². The summed E-state index contributed by atoms with van der Waals surface area (Å²) in [4.78, 5) is 0. The van der Waals surface area contributed by atoms with Gasteiger partial charge >= 0.3 is 0 Å². The minimum absolute atomic E-state index is 0.173. The lowest BCUT2D eigenvalue weighted by atomic mass is 10.2. The van der Waals surface area contributed by atoms with Gasteiger partial charge in [-0.1, -0.05) is 34.1 Å². The van der Waals surface area contributed by atoms with Crippen molar-refractivity contribution in [3.05, 3.63) is 58.3 Å². The van der Waals surface area contributed by atoms with Crippen molar-refractivity contribution in [3.63, 3.8) is 0 Å². The van der Waals surface area contributed by atoms with Gasteiger partial charge in [0.1, 0.15) is 12.4 Å². The van der Waals surface area contributed by atoms with Crippen LogP contribution >= 0.6 is 15.9 Å². The van der Waals surface area contributed by atoms with Crippen molar-refractivity contribution >= 4 is 15.9 Å². The van der Waals surface area contributed by atoms with Crippen LogP contribution in [0.5, 0.6) is 11.5 Å². The predicted octanol–water partition coefficient (Wildman–Crippen LogP) is 3.87. The van der Waals surface area contributed by atoms with Crippen LogP contribution in [0.2, 0.25) is 0 Å². The van der Waals surface area contributed by atoms with Crippen LogP contribution in [0, 0.1) is 5.82 Å². The molecule has 2 nitrogen and oxygen atoms in total. The Morgan fingerprint density at radius 2 is 1.94 bits per heavy atom. The summed E-state index contributed by atoms with van der Waals surface area (Å²) in [6.45, 7) is 0.238. The quantitative estimate of drug-likeness (QED) is 0.931.